The summed E-state index contributed by atoms with van der Waals surface area (Å²) in [6.45, 7) is -5.10. The van der Waals surface area contributed by atoms with Crippen LogP contribution < -0.4 is 61.6 Å². The zero-order valence-corrected chi connectivity index (χ0v) is 15.0. The van der Waals surface area contributed by atoms with Crippen LogP contribution in [0.2, 0.25) is 5.02 Å². The van der Waals surface area contributed by atoms with Crippen LogP contribution >= 0.6 is 11.6 Å². The minimum Gasteiger partial charge on any atom is -0.489 e. The molecule has 2 aromatic rings. The van der Waals surface area contributed by atoms with E-state index in [4.69, 9.17) is 16.3 Å². The second-order valence-electron chi connectivity index (χ2n) is 4.17. The average molecular weight is 343 g/mol. The first-order chi connectivity index (χ1) is 9.36. The summed E-state index contributed by atoms with van der Waals surface area (Å²) in [4.78, 5) is 0. The van der Waals surface area contributed by atoms with E-state index in [1.165, 1.54) is 24.3 Å². The molecule has 2 aromatic carbocycles. The molecule has 0 aliphatic rings. The second-order valence-corrected chi connectivity index (χ2v) is 4.60. The van der Waals surface area contributed by atoms with Gasteiger partial charge in [0.15, 0.2) is 0 Å². The molecule has 0 saturated carbocycles. The van der Waals surface area contributed by atoms with Crippen molar-refractivity contribution in [1.29, 1.82) is 0 Å². The third-order valence-corrected chi connectivity index (χ3v) is 2.90. The molecule has 0 atom stereocenters. The maximum absolute atomic E-state index is 13.5. The third kappa shape index (κ3) is 5.58. The molecule has 8 heteroatoms. The van der Waals surface area contributed by atoms with Gasteiger partial charge in [0, 0.05) is 10.6 Å². The van der Waals surface area contributed by atoms with Crippen LogP contribution in [-0.4, -0.2) is 6.98 Å². The van der Waals surface area contributed by atoms with Gasteiger partial charge in [-0.05, 0) is 24.3 Å². The minimum atomic E-state index is -5.02. The summed E-state index contributed by atoms with van der Waals surface area (Å²) in [5.41, 5.74) is -0.423. The standard InChI is InChI=1S/C13H9BClF4O.K/c15-11-4-1-9(13(16)7-11)8-20-12-5-2-10(3-6-12)14(17,18)19;/h1-7H,8H2;/q-1;+1. The largest absolute Gasteiger partial charge is 1.00 e. The summed E-state index contributed by atoms with van der Waals surface area (Å²) < 4.78 is 56.0. The molecule has 0 fully saturated rings. The van der Waals surface area contributed by atoms with Crippen molar-refractivity contribution < 1.29 is 73.5 Å². The first-order valence-corrected chi connectivity index (χ1v) is 6.11. The Bertz CT molecular complexity index is 604. The molecular formula is C13H9BClF4KO. The fraction of sp³-hybridized carbons (Fsp3) is 0.0769. The fourth-order valence-electron chi connectivity index (χ4n) is 1.58. The first-order valence-electron chi connectivity index (χ1n) is 5.73. The number of benzene rings is 2. The molecule has 0 aromatic heterocycles. The van der Waals surface area contributed by atoms with Gasteiger partial charge in [-0.25, -0.2) is 4.39 Å². The molecule has 0 unspecified atom stereocenters. The Morgan fingerprint density at radius 1 is 1.00 bits per heavy atom. The third-order valence-electron chi connectivity index (χ3n) is 2.67. The van der Waals surface area contributed by atoms with Crippen molar-refractivity contribution in [3.63, 3.8) is 0 Å². The molecule has 0 bridgehead atoms. The van der Waals surface area contributed by atoms with Crippen molar-refractivity contribution in [3.05, 3.63) is 58.9 Å². The van der Waals surface area contributed by atoms with Gasteiger partial charge in [0.1, 0.15) is 18.2 Å². The van der Waals surface area contributed by atoms with Gasteiger partial charge >= 0.3 is 58.4 Å². The smallest absolute Gasteiger partial charge is 0.489 e. The van der Waals surface area contributed by atoms with E-state index in [1.54, 1.807) is 0 Å². The Kier molecular flexibility index (Phi) is 7.23. The Morgan fingerprint density at radius 2 is 1.62 bits per heavy atom. The molecule has 0 aliphatic carbocycles. The molecule has 0 amide bonds. The molecule has 0 radical (unpaired) electrons. The molecule has 106 valence electrons. The molecule has 0 saturated heterocycles. The quantitative estimate of drug-likeness (QED) is 0.598. The summed E-state index contributed by atoms with van der Waals surface area (Å²) in [6, 6.07) is 8.41. The molecule has 21 heavy (non-hydrogen) atoms. The van der Waals surface area contributed by atoms with Gasteiger partial charge in [-0.1, -0.05) is 29.8 Å². The van der Waals surface area contributed by atoms with E-state index in [2.05, 4.69) is 0 Å². The van der Waals surface area contributed by atoms with Crippen LogP contribution in [0.3, 0.4) is 0 Å². The zero-order valence-electron chi connectivity index (χ0n) is 11.1. The van der Waals surface area contributed by atoms with Crippen LogP contribution in [0.5, 0.6) is 5.75 Å². The van der Waals surface area contributed by atoms with Crippen LogP contribution in [0, 0.1) is 5.82 Å². The zero-order chi connectivity index (χ0) is 14.8. The van der Waals surface area contributed by atoms with Crippen molar-refractivity contribution in [1.82, 2.24) is 0 Å². The van der Waals surface area contributed by atoms with Gasteiger partial charge in [0.05, 0.1) is 0 Å². The summed E-state index contributed by atoms with van der Waals surface area (Å²) in [5.74, 6) is -0.282. The van der Waals surface area contributed by atoms with Crippen LogP contribution in [0.4, 0.5) is 17.3 Å². The van der Waals surface area contributed by atoms with Gasteiger partial charge in [-0.2, -0.15) is 0 Å². The molecule has 0 heterocycles. The summed E-state index contributed by atoms with van der Waals surface area (Å²) in [6.07, 6.45) is 0. The number of halogens is 5. The van der Waals surface area contributed by atoms with E-state index < -0.39 is 18.3 Å². The predicted octanol–water partition coefficient (Wildman–Crippen LogP) is 1.12. The van der Waals surface area contributed by atoms with Crippen molar-refractivity contribution in [2.75, 3.05) is 0 Å². The summed E-state index contributed by atoms with van der Waals surface area (Å²) >= 11 is 5.61. The number of hydrogen-bond acceptors (Lipinski definition) is 1. The molecule has 0 aliphatic heterocycles. The van der Waals surface area contributed by atoms with E-state index in [0.717, 1.165) is 18.2 Å². The van der Waals surface area contributed by atoms with E-state index in [1.807, 2.05) is 0 Å². The molecular weight excluding hydrogens is 333 g/mol. The molecule has 2 rings (SSSR count). The molecule has 1 nitrogen and oxygen atoms in total. The van der Waals surface area contributed by atoms with Crippen molar-refractivity contribution in [3.8, 4) is 5.75 Å². The predicted molar refractivity (Wildman–Crippen MR) is 70.9 cm³/mol. The van der Waals surface area contributed by atoms with E-state index in [0.29, 0.717) is 0 Å². The summed E-state index contributed by atoms with van der Waals surface area (Å²) in [5, 5.41) is 0.267. The Morgan fingerprint density at radius 3 is 2.14 bits per heavy atom. The van der Waals surface area contributed by atoms with Gasteiger partial charge in [0.2, 0.25) is 0 Å². The maximum atomic E-state index is 13.5. The van der Waals surface area contributed by atoms with E-state index in [-0.39, 0.29) is 74.3 Å². The molecule has 0 N–H and O–H groups in total. The van der Waals surface area contributed by atoms with Crippen LogP contribution in [0.15, 0.2) is 42.5 Å². The number of hydrogen-bond donors (Lipinski definition) is 0. The van der Waals surface area contributed by atoms with E-state index >= 15 is 0 Å². The first kappa shape index (κ1) is 19.0. The average Bonchev–Trinajstić information content (AvgIpc) is 2.37. The molecule has 0 spiro atoms. The van der Waals surface area contributed by atoms with Gasteiger partial charge < -0.3 is 17.7 Å². The minimum absolute atomic E-state index is 0. The Hall–Kier alpha value is -0.0487. The van der Waals surface area contributed by atoms with E-state index in [9.17, 15) is 17.3 Å². The normalized spacial score (nSPS) is 10.9. The Balaban J connectivity index is 0.00000220. The number of rotatable bonds is 4. The Labute approximate surface area is 167 Å². The van der Waals surface area contributed by atoms with Crippen LogP contribution in [0.25, 0.3) is 0 Å². The summed E-state index contributed by atoms with van der Waals surface area (Å²) in [7, 11) is 0. The van der Waals surface area contributed by atoms with Gasteiger partial charge in [-0.15, -0.1) is 5.46 Å². The van der Waals surface area contributed by atoms with Crippen LogP contribution in [-0.2, 0) is 6.61 Å². The van der Waals surface area contributed by atoms with Gasteiger partial charge in [-0.3, -0.25) is 0 Å². The van der Waals surface area contributed by atoms with Crippen molar-refractivity contribution in [2.24, 2.45) is 0 Å². The fourth-order valence-corrected chi connectivity index (χ4v) is 1.74. The van der Waals surface area contributed by atoms with Crippen LogP contribution in [0.1, 0.15) is 5.56 Å². The second kappa shape index (κ2) is 7.99. The maximum Gasteiger partial charge on any atom is 1.00 e. The SMILES string of the molecule is Fc1cc(Cl)ccc1COc1ccc([B-](F)(F)F)cc1.[K+]. The van der Waals surface area contributed by atoms with Crippen molar-refractivity contribution in [2.45, 2.75) is 6.61 Å². The number of ether oxygens (including phenoxy) is 1. The van der Waals surface area contributed by atoms with Gasteiger partial charge in [0.25, 0.3) is 0 Å². The van der Waals surface area contributed by atoms with Crippen molar-refractivity contribution >= 4 is 24.0 Å². The monoisotopic (exact) mass is 342 g/mol. The topological polar surface area (TPSA) is 9.23 Å².